The van der Waals surface area contributed by atoms with Crippen molar-refractivity contribution in [1.29, 1.82) is 0 Å². The number of nitrogens with zero attached hydrogens (tertiary/aromatic N) is 5. The lowest BCUT2D eigenvalue weighted by molar-refractivity contribution is 0.0483. The number of halogens is 1. The van der Waals surface area contributed by atoms with E-state index in [-0.39, 0.29) is 18.5 Å². The van der Waals surface area contributed by atoms with E-state index in [1.165, 1.54) is 45.3 Å². The van der Waals surface area contributed by atoms with Crippen LogP contribution in [0.2, 0.25) is 0 Å². The standard InChI is InChI=1S/C25H38FN7O2/c1-3-32-13-7-10-20(32)16-33(19-11-12-22(21(26)14-19)35-17-34-2)25-30-23(27)29-24(31-25)28-15-18-8-5-4-6-9-18/h11-12,14,18,20H,3-10,13,15-17H2,1-2H3,(H3,27,28,29,30,31). The van der Waals surface area contributed by atoms with Crippen LogP contribution in [0.25, 0.3) is 0 Å². The molecule has 0 spiro atoms. The number of ether oxygens (including phenoxy) is 2. The summed E-state index contributed by atoms with van der Waals surface area (Å²) in [5, 5.41) is 3.37. The Labute approximate surface area is 207 Å². The fourth-order valence-corrected chi connectivity index (χ4v) is 5.14. The minimum Gasteiger partial charge on any atom is -0.464 e. The van der Waals surface area contributed by atoms with Gasteiger partial charge in [-0.1, -0.05) is 26.2 Å². The largest absolute Gasteiger partial charge is 0.464 e. The van der Waals surface area contributed by atoms with E-state index in [4.69, 9.17) is 20.2 Å². The maximum absolute atomic E-state index is 14.9. The quantitative estimate of drug-likeness (QED) is 0.452. The minimum absolute atomic E-state index is 0.0203. The van der Waals surface area contributed by atoms with Crippen LogP contribution < -0.4 is 20.7 Å². The van der Waals surface area contributed by atoms with Gasteiger partial charge in [0.1, 0.15) is 0 Å². The van der Waals surface area contributed by atoms with Gasteiger partial charge in [-0.2, -0.15) is 15.0 Å². The summed E-state index contributed by atoms with van der Waals surface area (Å²) in [5.41, 5.74) is 6.75. The lowest BCUT2D eigenvalue weighted by Gasteiger charge is -2.30. The molecule has 1 aromatic heterocycles. The van der Waals surface area contributed by atoms with E-state index in [9.17, 15) is 4.39 Å². The first-order chi connectivity index (χ1) is 17.1. The number of likely N-dealkylation sites (tertiary alicyclic amines) is 1. The highest BCUT2D eigenvalue weighted by Crippen LogP contribution is 2.31. The average Bonchev–Trinajstić information content (AvgIpc) is 3.33. The molecule has 2 aromatic rings. The highest BCUT2D eigenvalue weighted by molar-refractivity contribution is 5.60. The average molecular weight is 488 g/mol. The number of methoxy groups -OCH3 is 1. The van der Waals surface area contributed by atoms with Crippen LogP contribution in [0.5, 0.6) is 5.75 Å². The van der Waals surface area contributed by atoms with Crippen LogP contribution in [-0.2, 0) is 4.74 Å². The molecule has 1 saturated heterocycles. The molecule has 1 saturated carbocycles. The summed E-state index contributed by atoms with van der Waals surface area (Å²) in [6, 6.07) is 5.18. The molecule has 0 amide bonds. The van der Waals surface area contributed by atoms with E-state index in [1.54, 1.807) is 6.07 Å². The lowest BCUT2D eigenvalue weighted by Crippen LogP contribution is -2.39. The summed E-state index contributed by atoms with van der Waals surface area (Å²) < 4.78 is 25.1. The van der Waals surface area contributed by atoms with E-state index >= 15 is 0 Å². The predicted molar refractivity (Wildman–Crippen MR) is 135 cm³/mol. The number of nitrogens with two attached hydrogens (primary N) is 1. The van der Waals surface area contributed by atoms with Gasteiger partial charge in [-0.05, 0) is 56.8 Å². The van der Waals surface area contributed by atoms with Gasteiger partial charge in [0.05, 0.1) is 0 Å². The zero-order valence-corrected chi connectivity index (χ0v) is 20.9. The molecule has 10 heteroatoms. The summed E-state index contributed by atoms with van der Waals surface area (Å²) in [4.78, 5) is 17.9. The van der Waals surface area contributed by atoms with Crippen LogP contribution in [0.1, 0.15) is 51.9 Å². The second-order valence-corrected chi connectivity index (χ2v) is 9.40. The maximum atomic E-state index is 14.9. The Hall–Kier alpha value is -2.72. The molecule has 1 atom stereocenters. The first kappa shape index (κ1) is 25.4. The Morgan fingerprint density at radius 2 is 1.97 bits per heavy atom. The van der Waals surface area contributed by atoms with Gasteiger partial charge in [0, 0.05) is 38.0 Å². The van der Waals surface area contributed by atoms with Gasteiger partial charge in [0.2, 0.25) is 17.8 Å². The Morgan fingerprint density at radius 3 is 2.71 bits per heavy atom. The van der Waals surface area contributed by atoms with Crippen molar-refractivity contribution in [2.45, 2.75) is 57.9 Å². The van der Waals surface area contributed by atoms with Gasteiger partial charge in [0.15, 0.2) is 18.4 Å². The number of aromatic nitrogens is 3. The number of rotatable bonds is 11. The summed E-state index contributed by atoms with van der Waals surface area (Å²) in [6.45, 7) is 5.60. The molecule has 1 aliphatic heterocycles. The van der Waals surface area contributed by atoms with E-state index in [2.05, 4.69) is 27.1 Å². The molecule has 192 valence electrons. The third-order valence-corrected chi connectivity index (χ3v) is 7.01. The predicted octanol–water partition coefficient (Wildman–Crippen LogP) is 4.19. The molecule has 9 nitrogen and oxygen atoms in total. The van der Waals surface area contributed by atoms with Crippen molar-refractivity contribution in [2.75, 3.05) is 56.0 Å². The maximum Gasteiger partial charge on any atom is 0.236 e. The number of anilines is 4. The first-order valence-electron chi connectivity index (χ1n) is 12.8. The van der Waals surface area contributed by atoms with Gasteiger partial charge in [-0.3, -0.25) is 4.90 Å². The topological polar surface area (TPSA) is 102 Å². The lowest BCUT2D eigenvalue weighted by atomic mass is 9.89. The van der Waals surface area contributed by atoms with Crippen LogP contribution in [0.4, 0.5) is 27.9 Å². The Balaban J connectivity index is 1.60. The molecule has 1 aromatic carbocycles. The number of nitrogens with one attached hydrogen (secondary N) is 1. The van der Waals surface area contributed by atoms with Crippen molar-refractivity contribution in [3.05, 3.63) is 24.0 Å². The van der Waals surface area contributed by atoms with Crippen molar-refractivity contribution in [3.63, 3.8) is 0 Å². The van der Waals surface area contributed by atoms with Crippen LogP contribution in [0.15, 0.2) is 18.2 Å². The fraction of sp³-hybridized carbons (Fsp3) is 0.640. The van der Waals surface area contributed by atoms with Gasteiger partial charge < -0.3 is 25.4 Å². The number of hydrogen-bond acceptors (Lipinski definition) is 9. The van der Waals surface area contributed by atoms with Crippen molar-refractivity contribution in [3.8, 4) is 5.75 Å². The molecular formula is C25H38FN7O2. The smallest absolute Gasteiger partial charge is 0.236 e. The second kappa shape index (κ2) is 12.3. The van der Waals surface area contributed by atoms with Crippen molar-refractivity contribution in [2.24, 2.45) is 5.92 Å². The number of nitrogen functional groups attached to an aromatic ring is 1. The number of hydrogen-bond donors (Lipinski definition) is 2. The summed E-state index contributed by atoms with van der Waals surface area (Å²) in [6.07, 6.45) is 8.50. The molecule has 2 heterocycles. The Kier molecular flexibility index (Phi) is 8.92. The van der Waals surface area contributed by atoms with Crippen LogP contribution in [0.3, 0.4) is 0 Å². The van der Waals surface area contributed by atoms with E-state index in [0.717, 1.165) is 32.5 Å². The van der Waals surface area contributed by atoms with Crippen LogP contribution in [-0.4, -0.2) is 66.0 Å². The fourth-order valence-electron chi connectivity index (χ4n) is 5.14. The molecule has 2 aliphatic rings. The second-order valence-electron chi connectivity index (χ2n) is 9.40. The molecule has 2 fully saturated rings. The SMILES string of the molecule is CCN1CCCC1CN(c1ccc(OCOC)c(F)c1)c1nc(N)nc(NCC2CCCCC2)n1. The van der Waals surface area contributed by atoms with Crippen molar-refractivity contribution < 1.29 is 13.9 Å². The molecule has 1 aliphatic carbocycles. The van der Waals surface area contributed by atoms with Crippen LogP contribution >= 0.6 is 0 Å². The van der Waals surface area contributed by atoms with Gasteiger partial charge in [0.25, 0.3) is 0 Å². The van der Waals surface area contributed by atoms with E-state index < -0.39 is 5.82 Å². The van der Waals surface area contributed by atoms with Gasteiger partial charge >= 0.3 is 0 Å². The number of likely N-dealkylation sites (N-methyl/N-ethyl adjacent to an activating group) is 1. The van der Waals surface area contributed by atoms with Crippen molar-refractivity contribution >= 4 is 23.5 Å². The normalized spacial score (nSPS) is 19.1. The van der Waals surface area contributed by atoms with E-state index in [0.29, 0.717) is 36.1 Å². The van der Waals surface area contributed by atoms with Gasteiger partial charge in [-0.25, -0.2) is 4.39 Å². The summed E-state index contributed by atoms with van der Waals surface area (Å²) in [5.74, 6) is 1.30. The zero-order valence-electron chi connectivity index (χ0n) is 20.9. The first-order valence-corrected chi connectivity index (χ1v) is 12.8. The Morgan fingerprint density at radius 1 is 1.14 bits per heavy atom. The minimum atomic E-state index is -0.471. The van der Waals surface area contributed by atoms with E-state index in [1.807, 2.05) is 11.0 Å². The molecule has 35 heavy (non-hydrogen) atoms. The summed E-state index contributed by atoms with van der Waals surface area (Å²) >= 11 is 0. The molecular weight excluding hydrogens is 449 g/mol. The molecule has 4 rings (SSSR count). The molecule has 1 unspecified atom stereocenters. The molecule has 0 radical (unpaired) electrons. The molecule has 3 N–H and O–H groups in total. The third kappa shape index (κ3) is 6.70. The summed E-state index contributed by atoms with van der Waals surface area (Å²) in [7, 11) is 1.50. The molecule has 0 bridgehead atoms. The third-order valence-electron chi connectivity index (χ3n) is 7.01. The monoisotopic (exact) mass is 487 g/mol. The number of benzene rings is 1. The van der Waals surface area contributed by atoms with Gasteiger partial charge in [-0.15, -0.1) is 0 Å². The zero-order chi connectivity index (χ0) is 24.6. The highest BCUT2D eigenvalue weighted by Gasteiger charge is 2.28. The Bertz CT molecular complexity index is 957. The van der Waals surface area contributed by atoms with Crippen LogP contribution in [0, 0.1) is 11.7 Å². The highest BCUT2D eigenvalue weighted by atomic mass is 19.1. The van der Waals surface area contributed by atoms with Crippen molar-refractivity contribution in [1.82, 2.24) is 19.9 Å².